The Balaban J connectivity index is 1.49. The number of hydrogen-bond donors (Lipinski definition) is 3. The van der Waals surface area contributed by atoms with E-state index >= 15 is 0 Å². The van der Waals surface area contributed by atoms with Gasteiger partial charge in [-0.15, -0.1) is 5.10 Å². The quantitative estimate of drug-likeness (QED) is 0.167. The van der Waals surface area contributed by atoms with Gasteiger partial charge in [-0.05, 0) is 78.0 Å². The molecule has 0 fully saturated rings. The summed E-state index contributed by atoms with van der Waals surface area (Å²) in [5.74, 6) is 0.822. The second kappa shape index (κ2) is 10.1. The molecule has 0 spiro atoms. The highest BCUT2D eigenvalue weighted by molar-refractivity contribution is 7.99. The lowest BCUT2D eigenvalue weighted by Gasteiger charge is -2.04. The van der Waals surface area contributed by atoms with Crippen molar-refractivity contribution in [2.24, 2.45) is 5.10 Å². The third-order valence-corrected chi connectivity index (χ3v) is 5.62. The number of halogens is 1. The number of nitrogens with one attached hydrogen (secondary N) is 2. The number of amides is 1. The van der Waals surface area contributed by atoms with Crippen LogP contribution in [-0.4, -0.2) is 33.2 Å². The molecular formula is C23H19ClN5O2S+. The van der Waals surface area contributed by atoms with Gasteiger partial charge in [0.2, 0.25) is 0 Å². The highest BCUT2D eigenvalue weighted by Gasteiger charge is 2.24. The van der Waals surface area contributed by atoms with Gasteiger partial charge in [0.15, 0.2) is 0 Å². The van der Waals surface area contributed by atoms with Gasteiger partial charge >= 0.3 is 5.16 Å². The lowest BCUT2D eigenvalue weighted by molar-refractivity contribution is -0.625. The van der Waals surface area contributed by atoms with Crippen LogP contribution in [0.2, 0.25) is 5.02 Å². The largest absolute Gasteiger partial charge is 0.508 e. The molecular weight excluding hydrogens is 446 g/mol. The molecule has 160 valence electrons. The normalized spacial score (nSPS) is 11.0. The van der Waals surface area contributed by atoms with Crippen molar-refractivity contribution < 1.29 is 14.5 Å². The fourth-order valence-electron chi connectivity index (χ4n) is 2.91. The highest BCUT2D eigenvalue weighted by Crippen LogP contribution is 2.21. The molecule has 3 aromatic carbocycles. The summed E-state index contributed by atoms with van der Waals surface area (Å²) in [6.07, 6.45) is 1.51. The Kier molecular flexibility index (Phi) is 6.84. The maximum Gasteiger partial charge on any atom is 0.342 e. The number of hydrogen-bond acceptors (Lipinski definition) is 5. The number of phenols is 1. The van der Waals surface area contributed by atoms with E-state index in [-0.39, 0.29) is 17.4 Å². The molecule has 32 heavy (non-hydrogen) atoms. The minimum Gasteiger partial charge on any atom is -0.508 e. The van der Waals surface area contributed by atoms with Crippen LogP contribution < -0.4 is 9.99 Å². The molecule has 0 aliphatic carbocycles. The Morgan fingerprint density at radius 1 is 1.09 bits per heavy atom. The van der Waals surface area contributed by atoms with Crippen LogP contribution >= 0.6 is 23.4 Å². The maximum atomic E-state index is 12.3. The number of H-pyrrole nitrogens is 1. The van der Waals surface area contributed by atoms with Gasteiger partial charge in [-0.1, -0.05) is 29.8 Å². The van der Waals surface area contributed by atoms with Crippen LogP contribution in [0.5, 0.6) is 5.75 Å². The zero-order valence-corrected chi connectivity index (χ0v) is 18.3. The van der Waals surface area contributed by atoms with Crippen LogP contribution in [0.25, 0.3) is 17.1 Å². The van der Waals surface area contributed by atoms with E-state index in [0.717, 1.165) is 22.6 Å². The van der Waals surface area contributed by atoms with Gasteiger partial charge in [0, 0.05) is 5.02 Å². The van der Waals surface area contributed by atoms with Crippen LogP contribution in [0.4, 0.5) is 0 Å². The van der Waals surface area contributed by atoms with Crippen molar-refractivity contribution in [3.05, 3.63) is 89.4 Å². The fraction of sp³-hybridized carbons (Fsp3) is 0.0435. The number of hydrazone groups is 1. The monoisotopic (exact) mass is 464 g/mol. The van der Waals surface area contributed by atoms with E-state index in [9.17, 15) is 9.90 Å². The van der Waals surface area contributed by atoms with Gasteiger partial charge in [-0.3, -0.25) is 4.79 Å². The molecule has 0 unspecified atom stereocenters. The topological polar surface area (TPSA) is 94.3 Å². The smallest absolute Gasteiger partial charge is 0.342 e. The number of aromatic nitrogens is 3. The van der Waals surface area contributed by atoms with Crippen molar-refractivity contribution in [1.82, 2.24) is 15.6 Å². The number of carbonyl (C=O) groups excluding carboxylic acids is 1. The molecule has 0 aliphatic heterocycles. The van der Waals surface area contributed by atoms with Crippen molar-refractivity contribution in [3.63, 3.8) is 0 Å². The number of thioether (sulfide) groups is 1. The first-order valence-corrected chi connectivity index (χ1v) is 11.0. The molecule has 3 N–H and O–H groups in total. The Bertz CT molecular complexity index is 1230. The van der Waals surface area contributed by atoms with Gasteiger partial charge in [-0.25, -0.2) is 5.43 Å². The van der Waals surface area contributed by atoms with Gasteiger partial charge in [0.25, 0.3) is 11.7 Å². The van der Waals surface area contributed by atoms with Crippen molar-refractivity contribution in [3.8, 4) is 22.8 Å². The standard InChI is InChI=1S/C23H18ClN5O2S/c24-18-8-10-19(11-9-18)29-22(17-4-2-1-3-5-17)27-28-23(29)32-15-21(31)26-25-14-16-6-12-20(30)13-7-16/h1-14H,15H2,(H2,25,26,30,31)/p+1. The summed E-state index contributed by atoms with van der Waals surface area (Å²) in [6, 6.07) is 23.7. The SMILES string of the molecule is O=C(CSc1n[nH]c(-c2ccccc2)[n+]1-c1ccc(Cl)cc1)NN=Cc1ccc(O)cc1. The average molecular weight is 465 g/mol. The van der Waals surface area contributed by atoms with Gasteiger partial charge in [0.05, 0.1) is 22.6 Å². The molecule has 1 aromatic heterocycles. The molecule has 7 nitrogen and oxygen atoms in total. The van der Waals surface area contributed by atoms with Crippen LogP contribution in [0, 0.1) is 0 Å². The number of aromatic amines is 1. The summed E-state index contributed by atoms with van der Waals surface area (Å²) in [5, 5.41) is 22.0. The first kappa shape index (κ1) is 21.6. The Labute approximate surface area is 193 Å². The van der Waals surface area contributed by atoms with Gasteiger partial charge in [-0.2, -0.15) is 9.67 Å². The van der Waals surface area contributed by atoms with E-state index in [1.807, 2.05) is 59.2 Å². The molecule has 1 heterocycles. The first-order valence-electron chi connectivity index (χ1n) is 9.65. The number of carbonyl (C=O) groups is 1. The molecule has 1 amide bonds. The van der Waals surface area contributed by atoms with E-state index in [1.165, 1.54) is 18.0 Å². The third kappa shape index (κ3) is 5.35. The van der Waals surface area contributed by atoms with E-state index in [0.29, 0.717) is 10.2 Å². The van der Waals surface area contributed by atoms with Crippen molar-refractivity contribution in [1.29, 1.82) is 0 Å². The molecule has 0 atom stereocenters. The molecule has 9 heteroatoms. The molecule has 0 saturated carbocycles. The van der Waals surface area contributed by atoms with Crippen LogP contribution in [0.15, 0.2) is 89.1 Å². The van der Waals surface area contributed by atoms with E-state index in [4.69, 9.17) is 11.6 Å². The summed E-state index contributed by atoms with van der Waals surface area (Å²) < 4.78 is 1.95. The number of rotatable bonds is 7. The number of phenolic OH excluding ortho intramolecular Hbond substituents is 1. The second-order valence-corrected chi connectivity index (χ2v) is 8.08. The first-order chi connectivity index (χ1) is 15.6. The minimum absolute atomic E-state index is 0.125. The Morgan fingerprint density at radius 2 is 1.81 bits per heavy atom. The summed E-state index contributed by atoms with van der Waals surface area (Å²) in [7, 11) is 0. The van der Waals surface area contributed by atoms with Crippen molar-refractivity contribution >= 4 is 35.5 Å². The van der Waals surface area contributed by atoms with Gasteiger partial charge < -0.3 is 5.11 Å². The molecule has 0 aliphatic rings. The van der Waals surface area contributed by atoms with Crippen molar-refractivity contribution in [2.75, 3.05) is 5.75 Å². The van der Waals surface area contributed by atoms with Gasteiger partial charge in [0.1, 0.15) is 11.4 Å². The molecule has 4 aromatic rings. The second-order valence-electron chi connectivity index (χ2n) is 6.71. The fourth-order valence-corrected chi connectivity index (χ4v) is 3.80. The zero-order chi connectivity index (χ0) is 22.3. The summed E-state index contributed by atoms with van der Waals surface area (Å²) >= 11 is 7.34. The van der Waals surface area contributed by atoms with Crippen LogP contribution in [0.1, 0.15) is 5.56 Å². The summed E-state index contributed by atoms with van der Waals surface area (Å²) in [5.41, 5.74) is 5.10. The number of nitrogens with zero attached hydrogens (tertiary/aromatic N) is 3. The van der Waals surface area contributed by atoms with E-state index < -0.39 is 0 Å². The minimum atomic E-state index is -0.267. The average Bonchev–Trinajstić information content (AvgIpc) is 3.24. The Hall–Kier alpha value is -3.62. The lowest BCUT2D eigenvalue weighted by Crippen LogP contribution is -2.34. The predicted octanol–water partition coefficient (Wildman–Crippen LogP) is 3.95. The van der Waals surface area contributed by atoms with Crippen molar-refractivity contribution in [2.45, 2.75) is 5.16 Å². The van der Waals surface area contributed by atoms with E-state index in [1.54, 1.807) is 24.3 Å². The lowest BCUT2D eigenvalue weighted by atomic mass is 10.2. The Morgan fingerprint density at radius 3 is 2.53 bits per heavy atom. The number of aromatic hydroxyl groups is 1. The number of benzene rings is 3. The van der Waals surface area contributed by atoms with Crippen LogP contribution in [0.3, 0.4) is 0 Å². The summed E-state index contributed by atoms with van der Waals surface area (Å²) in [4.78, 5) is 12.3. The summed E-state index contributed by atoms with van der Waals surface area (Å²) in [6.45, 7) is 0. The molecule has 4 rings (SSSR count). The third-order valence-electron chi connectivity index (χ3n) is 4.43. The molecule has 0 radical (unpaired) electrons. The van der Waals surface area contributed by atoms with Crippen LogP contribution in [-0.2, 0) is 4.79 Å². The predicted molar refractivity (Wildman–Crippen MR) is 125 cm³/mol. The maximum absolute atomic E-state index is 12.3. The molecule has 0 saturated heterocycles. The highest BCUT2D eigenvalue weighted by atomic mass is 35.5. The molecule has 0 bridgehead atoms. The zero-order valence-electron chi connectivity index (χ0n) is 16.8. The van der Waals surface area contributed by atoms with E-state index in [2.05, 4.69) is 20.7 Å².